The Morgan fingerprint density at radius 3 is 2.29 bits per heavy atom. The van der Waals surface area contributed by atoms with Gasteiger partial charge in [0.1, 0.15) is 5.69 Å². The molecular weight excluding hydrogens is 174 g/mol. The van der Waals surface area contributed by atoms with Crippen LogP contribution in [0.1, 0.15) is 11.4 Å². The summed E-state index contributed by atoms with van der Waals surface area (Å²) in [6, 6.07) is 9.74. The van der Waals surface area contributed by atoms with Crippen molar-refractivity contribution in [3.05, 3.63) is 41.7 Å². The van der Waals surface area contributed by atoms with Crippen LogP contribution in [0.5, 0.6) is 0 Å². The fourth-order valence-electron chi connectivity index (χ4n) is 1.22. The molecule has 0 N–H and O–H groups in total. The Hall–Kier alpha value is -1.77. The molecule has 0 spiro atoms. The van der Waals surface area contributed by atoms with Crippen molar-refractivity contribution in [2.24, 2.45) is 0 Å². The quantitative estimate of drug-likeness (QED) is 0.683. The van der Waals surface area contributed by atoms with Crippen LogP contribution in [0, 0.1) is 13.8 Å². The van der Waals surface area contributed by atoms with E-state index in [1.807, 2.05) is 44.2 Å². The summed E-state index contributed by atoms with van der Waals surface area (Å²) in [7, 11) is 0. The Bertz CT molecular complexity index is 435. The molecule has 2 aromatic heterocycles. The second-order valence-corrected chi connectivity index (χ2v) is 3.22. The minimum atomic E-state index is 0.819. The molecule has 0 aliphatic carbocycles. The van der Waals surface area contributed by atoms with Crippen LogP contribution in [0.4, 0.5) is 0 Å². The van der Waals surface area contributed by atoms with Crippen molar-refractivity contribution >= 4 is 0 Å². The zero-order valence-corrected chi connectivity index (χ0v) is 8.23. The van der Waals surface area contributed by atoms with Gasteiger partial charge in [0.15, 0.2) is 0 Å². The predicted octanol–water partition coefficient (Wildman–Crippen LogP) is 2.16. The van der Waals surface area contributed by atoms with Gasteiger partial charge >= 0.3 is 0 Å². The van der Waals surface area contributed by atoms with Gasteiger partial charge in [0.05, 0.1) is 11.4 Å². The molecule has 0 fully saturated rings. The third-order valence-electron chi connectivity index (χ3n) is 1.95. The van der Waals surface area contributed by atoms with E-state index >= 15 is 0 Å². The first-order valence-electron chi connectivity index (χ1n) is 4.50. The number of nitrogens with zero attached hydrogens (tertiary/aromatic N) is 3. The van der Waals surface area contributed by atoms with Gasteiger partial charge < -0.3 is 0 Å². The van der Waals surface area contributed by atoms with Crippen LogP contribution in [-0.2, 0) is 0 Å². The number of aromatic nitrogens is 3. The van der Waals surface area contributed by atoms with Crippen LogP contribution < -0.4 is 0 Å². The van der Waals surface area contributed by atoms with Gasteiger partial charge in [-0.2, -0.15) is 5.10 Å². The van der Waals surface area contributed by atoms with Gasteiger partial charge in [0.25, 0.3) is 0 Å². The summed E-state index contributed by atoms with van der Waals surface area (Å²) in [4.78, 5) is 4.37. The molecule has 0 amide bonds. The first-order valence-corrected chi connectivity index (χ1v) is 4.50. The average molecular weight is 185 g/mol. The maximum Gasteiger partial charge on any atom is 0.111 e. The van der Waals surface area contributed by atoms with Crippen LogP contribution in [0.3, 0.4) is 0 Å². The van der Waals surface area contributed by atoms with E-state index in [2.05, 4.69) is 15.2 Å². The fraction of sp³-hybridized carbons (Fsp3) is 0.182. The molecule has 3 heteroatoms. The molecule has 3 nitrogen and oxygen atoms in total. The molecular formula is C11H11N3. The van der Waals surface area contributed by atoms with Crippen LogP contribution in [0.25, 0.3) is 11.4 Å². The molecule has 0 aliphatic rings. The van der Waals surface area contributed by atoms with Gasteiger partial charge in [-0.25, -0.2) is 0 Å². The lowest BCUT2D eigenvalue weighted by Crippen LogP contribution is -1.92. The van der Waals surface area contributed by atoms with Crippen LogP contribution in [-0.4, -0.2) is 15.2 Å². The van der Waals surface area contributed by atoms with E-state index in [1.165, 1.54) is 0 Å². The number of pyridine rings is 1. The molecule has 0 saturated carbocycles. The normalized spacial score (nSPS) is 10.1. The molecule has 2 heterocycles. The number of aryl methyl sites for hydroxylation is 2. The monoisotopic (exact) mass is 185 g/mol. The zero-order chi connectivity index (χ0) is 9.97. The van der Waals surface area contributed by atoms with Gasteiger partial charge in [0, 0.05) is 5.69 Å². The van der Waals surface area contributed by atoms with E-state index in [1.54, 1.807) is 0 Å². The van der Waals surface area contributed by atoms with E-state index in [9.17, 15) is 0 Å². The summed E-state index contributed by atoms with van der Waals surface area (Å²) in [5.74, 6) is 0. The van der Waals surface area contributed by atoms with E-state index in [0.717, 1.165) is 22.8 Å². The Labute approximate surface area is 82.8 Å². The van der Waals surface area contributed by atoms with Gasteiger partial charge in [0.2, 0.25) is 0 Å². The van der Waals surface area contributed by atoms with Gasteiger partial charge in [-0.05, 0) is 38.1 Å². The largest absolute Gasteiger partial charge is 0.251 e. The third-order valence-corrected chi connectivity index (χ3v) is 1.95. The molecule has 14 heavy (non-hydrogen) atoms. The summed E-state index contributed by atoms with van der Waals surface area (Å²) < 4.78 is 0. The van der Waals surface area contributed by atoms with E-state index < -0.39 is 0 Å². The molecule has 0 bridgehead atoms. The summed E-state index contributed by atoms with van der Waals surface area (Å²) in [6.45, 7) is 3.88. The summed E-state index contributed by atoms with van der Waals surface area (Å²) in [5, 5.41) is 8.07. The number of hydrogen-bond acceptors (Lipinski definition) is 3. The molecule has 0 unspecified atom stereocenters. The van der Waals surface area contributed by atoms with Crippen LogP contribution in [0.15, 0.2) is 30.3 Å². The van der Waals surface area contributed by atoms with Crippen molar-refractivity contribution in [2.45, 2.75) is 13.8 Å². The average Bonchev–Trinajstić information content (AvgIpc) is 2.19. The highest BCUT2D eigenvalue weighted by Gasteiger charge is 2.00. The van der Waals surface area contributed by atoms with Crippen molar-refractivity contribution in [3.8, 4) is 11.4 Å². The number of rotatable bonds is 1. The highest BCUT2D eigenvalue weighted by Crippen LogP contribution is 2.12. The lowest BCUT2D eigenvalue weighted by molar-refractivity contribution is 0.979. The fourth-order valence-corrected chi connectivity index (χ4v) is 1.22. The zero-order valence-electron chi connectivity index (χ0n) is 8.23. The molecule has 0 aliphatic heterocycles. The van der Waals surface area contributed by atoms with Crippen molar-refractivity contribution < 1.29 is 0 Å². The second kappa shape index (κ2) is 3.54. The Kier molecular flexibility index (Phi) is 2.23. The Morgan fingerprint density at radius 2 is 1.64 bits per heavy atom. The second-order valence-electron chi connectivity index (χ2n) is 3.22. The Morgan fingerprint density at radius 1 is 0.786 bits per heavy atom. The number of hydrogen-bond donors (Lipinski definition) is 0. The standard InChI is InChI=1S/C11H11N3/c1-8-4-3-5-10(12-8)11-7-6-9(2)13-14-11/h3-7H,1-2H3. The molecule has 0 atom stereocenters. The topological polar surface area (TPSA) is 38.7 Å². The first-order chi connectivity index (χ1) is 6.75. The van der Waals surface area contributed by atoms with Crippen molar-refractivity contribution in [1.82, 2.24) is 15.2 Å². The summed E-state index contributed by atoms with van der Waals surface area (Å²) >= 11 is 0. The highest BCUT2D eigenvalue weighted by atomic mass is 15.1. The van der Waals surface area contributed by atoms with Crippen molar-refractivity contribution in [1.29, 1.82) is 0 Å². The van der Waals surface area contributed by atoms with E-state index in [0.29, 0.717) is 0 Å². The minimum Gasteiger partial charge on any atom is -0.251 e. The predicted molar refractivity (Wildman–Crippen MR) is 54.7 cm³/mol. The van der Waals surface area contributed by atoms with Crippen molar-refractivity contribution in [2.75, 3.05) is 0 Å². The maximum atomic E-state index is 4.37. The maximum absolute atomic E-state index is 4.37. The lowest BCUT2D eigenvalue weighted by Gasteiger charge is -1.99. The first kappa shape index (κ1) is 8.81. The van der Waals surface area contributed by atoms with Crippen LogP contribution in [0.2, 0.25) is 0 Å². The molecule has 70 valence electrons. The third kappa shape index (κ3) is 1.76. The van der Waals surface area contributed by atoms with Gasteiger partial charge in [-0.15, -0.1) is 5.10 Å². The molecule has 0 radical (unpaired) electrons. The van der Waals surface area contributed by atoms with Gasteiger partial charge in [-0.1, -0.05) is 6.07 Å². The molecule has 2 aromatic rings. The lowest BCUT2D eigenvalue weighted by atomic mass is 10.2. The van der Waals surface area contributed by atoms with Crippen LogP contribution >= 0.6 is 0 Å². The summed E-state index contributed by atoms with van der Waals surface area (Å²) in [6.07, 6.45) is 0. The smallest absolute Gasteiger partial charge is 0.111 e. The summed E-state index contributed by atoms with van der Waals surface area (Å²) in [5.41, 5.74) is 3.60. The van der Waals surface area contributed by atoms with Gasteiger partial charge in [-0.3, -0.25) is 4.98 Å². The SMILES string of the molecule is Cc1ccc(-c2cccc(C)n2)nn1. The molecule has 0 saturated heterocycles. The van der Waals surface area contributed by atoms with E-state index in [4.69, 9.17) is 0 Å². The molecule has 2 rings (SSSR count). The Balaban J connectivity index is 2.44. The van der Waals surface area contributed by atoms with E-state index in [-0.39, 0.29) is 0 Å². The molecule has 0 aromatic carbocycles. The van der Waals surface area contributed by atoms with Crippen molar-refractivity contribution in [3.63, 3.8) is 0 Å². The highest BCUT2D eigenvalue weighted by molar-refractivity contribution is 5.53. The minimum absolute atomic E-state index is 0.819.